The number of likely N-dealkylation sites (tertiary alicyclic amines) is 1. The molecular formula is C21H26ClN3O4. The number of amides is 1. The number of benzene rings is 1. The van der Waals surface area contributed by atoms with Crippen molar-refractivity contribution in [2.75, 3.05) is 25.0 Å². The maximum atomic E-state index is 13.0. The van der Waals surface area contributed by atoms with Gasteiger partial charge in [-0.2, -0.15) is 0 Å². The number of aromatic nitrogens is 1. The second-order valence-corrected chi connectivity index (χ2v) is 8.77. The van der Waals surface area contributed by atoms with Crippen molar-refractivity contribution >= 4 is 34.1 Å². The van der Waals surface area contributed by atoms with E-state index in [2.05, 4.69) is 10.3 Å². The van der Waals surface area contributed by atoms with E-state index in [1.54, 1.807) is 6.20 Å². The maximum absolute atomic E-state index is 13.0. The van der Waals surface area contributed by atoms with Crippen LogP contribution in [0.3, 0.4) is 0 Å². The van der Waals surface area contributed by atoms with E-state index in [1.807, 2.05) is 49.9 Å². The molecule has 2 fully saturated rings. The lowest BCUT2D eigenvalue weighted by molar-refractivity contribution is -0.511. The Bertz CT molecular complexity index is 900. The molecule has 2 aromatic rings. The van der Waals surface area contributed by atoms with Crippen LogP contribution in [0.1, 0.15) is 33.6 Å². The molecule has 0 bridgehead atoms. The fraction of sp³-hybridized carbons (Fsp3) is 0.524. The molecule has 1 amide bonds. The van der Waals surface area contributed by atoms with E-state index >= 15 is 0 Å². The van der Waals surface area contributed by atoms with Crippen LogP contribution in [0.2, 0.25) is 5.02 Å². The normalized spacial score (nSPS) is 21.9. The molecular weight excluding hydrogens is 394 g/mol. The van der Waals surface area contributed by atoms with Gasteiger partial charge < -0.3 is 15.0 Å². The number of carbonyl (C=O) groups is 1. The SMILES string of the molecule is CC(Nc1ccnc2cc(Cl)ccc12)C(=O)N1CCC2(CC1)OCC(C)(C)OO2. The topological polar surface area (TPSA) is 72.9 Å². The number of rotatable bonds is 3. The fourth-order valence-corrected chi connectivity index (χ4v) is 3.82. The Kier molecular flexibility index (Phi) is 5.42. The van der Waals surface area contributed by atoms with Gasteiger partial charge in [-0.25, -0.2) is 9.78 Å². The lowest BCUT2D eigenvalue weighted by Crippen LogP contribution is -2.56. The Morgan fingerprint density at radius 3 is 2.69 bits per heavy atom. The highest BCUT2D eigenvalue weighted by Gasteiger charge is 2.45. The van der Waals surface area contributed by atoms with Crippen LogP contribution in [0, 0.1) is 0 Å². The van der Waals surface area contributed by atoms with Crippen LogP contribution in [0.25, 0.3) is 10.9 Å². The monoisotopic (exact) mass is 419 g/mol. The molecule has 2 aliphatic heterocycles. The lowest BCUT2D eigenvalue weighted by Gasteiger charge is -2.46. The van der Waals surface area contributed by atoms with Gasteiger partial charge >= 0.3 is 0 Å². The summed E-state index contributed by atoms with van der Waals surface area (Å²) in [5.41, 5.74) is 1.20. The minimum absolute atomic E-state index is 0.0378. The summed E-state index contributed by atoms with van der Waals surface area (Å²) in [6, 6.07) is 7.03. The van der Waals surface area contributed by atoms with Crippen LogP contribution in [0.5, 0.6) is 0 Å². The van der Waals surface area contributed by atoms with Crippen molar-refractivity contribution < 1.29 is 19.3 Å². The molecule has 156 valence electrons. The molecule has 1 aromatic carbocycles. The second kappa shape index (κ2) is 7.72. The van der Waals surface area contributed by atoms with Crippen molar-refractivity contribution in [1.82, 2.24) is 9.88 Å². The summed E-state index contributed by atoms with van der Waals surface area (Å²) in [7, 11) is 0. The van der Waals surface area contributed by atoms with Crippen LogP contribution in [-0.4, -0.2) is 52.9 Å². The predicted octanol–water partition coefficient (Wildman–Crippen LogP) is 3.76. The number of pyridine rings is 1. The van der Waals surface area contributed by atoms with Gasteiger partial charge in [-0.1, -0.05) is 11.6 Å². The summed E-state index contributed by atoms with van der Waals surface area (Å²) in [4.78, 5) is 30.2. The lowest BCUT2D eigenvalue weighted by atomic mass is 10.0. The molecule has 7 nitrogen and oxygen atoms in total. The largest absolute Gasteiger partial charge is 0.373 e. The summed E-state index contributed by atoms with van der Waals surface area (Å²) in [6.45, 7) is 7.29. The highest BCUT2D eigenvalue weighted by atomic mass is 35.5. The van der Waals surface area contributed by atoms with Crippen molar-refractivity contribution in [2.45, 2.75) is 51.0 Å². The van der Waals surface area contributed by atoms with Gasteiger partial charge in [0.05, 0.1) is 12.1 Å². The van der Waals surface area contributed by atoms with Gasteiger partial charge in [-0.3, -0.25) is 9.78 Å². The van der Waals surface area contributed by atoms with Crippen molar-refractivity contribution in [1.29, 1.82) is 0 Å². The molecule has 1 spiro atoms. The van der Waals surface area contributed by atoms with Crippen LogP contribution in [0.4, 0.5) is 5.69 Å². The third-order valence-electron chi connectivity index (χ3n) is 5.39. The molecule has 0 saturated carbocycles. The van der Waals surface area contributed by atoms with E-state index < -0.39 is 11.4 Å². The van der Waals surface area contributed by atoms with Gasteiger partial charge in [0.1, 0.15) is 11.6 Å². The molecule has 4 rings (SSSR count). The molecule has 0 aliphatic carbocycles. The van der Waals surface area contributed by atoms with E-state index in [0.717, 1.165) is 16.6 Å². The quantitative estimate of drug-likeness (QED) is 0.763. The molecule has 2 saturated heterocycles. The molecule has 1 aromatic heterocycles. The Morgan fingerprint density at radius 2 is 2.00 bits per heavy atom. The molecule has 1 atom stereocenters. The van der Waals surface area contributed by atoms with Crippen LogP contribution in [-0.2, 0) is 19.3 Å². The van der Waals surface area contributed by atoms with Gasteiger partial charge in [0.15, 0.2) is 0 Å². The Morgan fingerprint density at radius 1 is 1.24 bits per heavy atom. The van der Waals surface area contributed by atoms with E-state index in [1.165, 1.54) is 0 Å². The number of anilines is 1. The average Bonchev–Trinajstić information content (AvgIpc) is 2.70. The molecule has 29 heavy (non-hydrogen) atoms. The zero-order chi connectivity index (χ0) is 20.6. The van der Waals surface area contributed by atoms with E-state index in [4.69, 9.17) is 26.1 Å². The number of nitrogens with one attached hydrogen (secondary N) is 1. The van der Waals surface area contributed by atoms with E-state index in [9.17, 15) is 4.79 Å². The Balaban J connectivity index is 1.38. The summed E-state index contributed by atoms with van der Waals surface area (Å²) in [5, 5.41) is 4.88. The standard InChI is InChI=1S/C21H26ClN3O4/c1-14(24-17-6-9-23-18-12-15(22)4-5-16(17)18)19(26)25-10-7-21(8-11-25)27-13-20(2,3)28-29-21/h4-6,9,12,14H,7-8,10-11,13H2,1-3H3,(H,23,24). The van der Waals surface area contributed by atoms with E-state index in [-0.39, 0.29) is 11.9 Å². The summed E-state index contributed by atoms with van der Waals surface area (Å²) in [5.74, 6) is -0.709. The van der Waals surface area contributed by atoms with Gasteiger partial charge in [-0.15, -0.1) is 0 Å². The first-order valence-electron chi connectivity index (χ1n) is 9.87. The first-order valence-corrected chi connectivity index (χ1v) is 10.3. The molecule has 1 N–H and O–H groups in total. The van der Waals surface area contributed by atoms with Crippen molar-refractivity contribution in [3.05, 3.63) is 35.5 Å². The Labute approximate surface area is 175 Å². The predicted molar refractivity (Wildman–Crippen MR) is 111 cm³/mol. The summed E-state index contributed by atoms with van der Waals surface area (Å²) >= 11 is 6.06. The summed E-state index contributed by atoms with van der Waals surface area (Å²) in [6.07, 6.45) is 2.87. The minimum Gasteiger partial charge on any atom is -0.373 e. The fourth-order valence-electron chi connectivity index (χ4n) is 3.65. The Hall–Kier alpha value is -1.93. The third kappa shape index (κ3) is 4.33. The van der Waals surface area contributed by atoms with Crippen molar-refractivity contribution in [3.8, 4) is 0 Å². The van der Waals surface area contributed by atoms with E-state index in [0.29, 0.717) is 37.6 Å². The highest BCUT2D eigenvalue weighted by Crippen LogP contribution is 2.35. The first-order chi connectivity index (χ1) is 13.8. The average molecular weight is 420 g/mol. The van der Waals surface area contributed by atoms with Crippen LogP contribution >= 0.6 is 11.6 Å². The van der Waals surface area contributed by atoms with Crippen LogP contribution < -0.4 is 5.32 Å². The van der Waals surface area contributed by atoms with Gasteiger partial charge in [0.2, 0.25) is 11.7 Å². The summed E-state index contributed by atoms with van der Waals surface area (Å²) < 4.78 is 5.95. The number of halogens is 1. The number of fused-ring (bicyclic) bond motifs is 1. The molecule has 3 heterocycles. The zero-order valence-corrected chi connectivity index (χ0v) is 17.7. The van der Waals surface area contributed by atoms with Crippen molar-refractivity contribution in [2.24, 2.45) is 0 Å². The first kappa shape index (κ1) is 20.3. The smallest absolute Gasteiger partial charge is 0.244 e. The number of piperidine rings is 1. The zero-order valence-electron chi connectivity index (χ0n) is 16.9. The molecule has 8 heteroatoms. The number of ether oxygens (including phenoxy) is 1. The molecule has 1 unspecified atom stereocenters. The number of carbonyl (C=O) groups excluding carboxylic acids is 1. The number of hydrogen-bond acceptors (Lipinski definition) is 6. The van der Waals surface area contributed by atoms with Gasteiger partial charge in [0, 0.05) is 48.2 Å². The molecule has 2 aliphatic rings. The van der Waals surface area contributed by atoms with Gasteiger partial charge in [-0.05, 0) is 45.0 Å². The number of hydrogen-bond donors (Lipinski definition) is 1. The molecule has 0 radical (unpaired) electrons. The third-order valence-corrected chi connectivity index (χ3v) is 5.62. The van der Waals surface area contributed by atoms with Crippen LogP contribution in [0.15, 0.2) is 30.5 Å². The minimum atomic E-state index is -0.746. The number of nitrogens with zero attached hydrogens (tertiary/aromatic N) is 2. The second-order valence-electron chi connectivity index (χ2n) is 8.34. The maximum Gasteiger partial charge on any atom is 0.244 e. The highest BCUT2D eigenvalue weighted by molar-refractivity contribution is 6.31. The van der Waals surface area contributed by atoms with Crippen molar-refractivity contribution in [3.63, 3.8) is 0 Å². The van der Waals surface area contributed by atoms with Gasteiger partial charge in [0.25, 0.3) is 0 Å².